The van der Waals surface area contributed by atoms with Crippen molar-refractivity contribution in [3.05, 3.63) is 77.4 Å². The second-order valence-corrected chi connectivity index (χ2v) is 8.97. The lowest BCUT2D eigenvalue weighted by atomic mass is 9.84. The number of aryl methyl sites for hydroxylation is 1. The Morgan fingerprint density at radius 3 is 2.58 bits per heavy atom. The third-order valence-electron chi connectivity index (χ3n) is 5.57. The van der Waals surface area contributed by atoms with Gasteiger partial charge in [0, 0.05) is 13.0 Å². The number of rotatable bonds is 2. The molecule has 0 unspecified atom stereocenters. The molecule has 5 heteroatoms. The zero-order chi connectivity index (χ0) is 18.4. The van der Waals surface area contributed by atoms with Crippen LogP contribution in [0, 0.1) is 6.92 Å². The van der Waals surface area contributed by atoms with E-state index in [-0.39, 0.29) is 6.04 Å². The van der Waals surface area contributed by atoms with Crippen LogP contribution in [0.25, 0.3) is 0 Å². The lowest BCUT2D eigenvalue weighted by molar-refractivity contribution is -0.0731. The zero-order valence-electron chi connectivity index (χ0n) is 15.1. The molecule has 4 rings (SSSR count). The summed E-state index contributed by atoms with van der Waals surface area (Å²) >= 11 is 0. The Kier molecular flexibility index (Phi) is 4.26. The van der Waals surface area contributed by atoms with Crippen molar-refractivity contribution in [2.45, 2.75) is 43.4 Å². The maximum Gasteiger partial charge on any atom is 0.243 e. The molecule has 2 heterocycles. The molecule has 0 saturated heterocycles. The predicted molar refractivity (Wildman–Crippen MR) is 101 cm³/mol. The average Bonchev–Trinajstić information content (AvgIpc) is 2.92. The van der Waals surface area contributed by atoms with Gasteiger partial charge in [-0.25, -0.2) is 8.42 Å². The Labute approximate surface area is 155 Å². The summed E-state index contributed by atoms with van der Waals surface area (Å²) in [7, 11) is -3.62. The van der Waals surface area contributed by atoms with Crippen LogP contribution in [0.1, 0.15) is 30.0 Å². The largest absolute Gasteiger partial charge is 0.364 e. The maximum atomic E-state index is 13.4. The fraction of sp³-hybridized carbons (Fsp3) is 0.333. The van der Waals surface area contributed by atoms with Gasteiger partial charge < -0.3 is 4.74 Å². The number of sulfonamides is 1. The molecule has 0 bridgehead atoms. The van der Waals surface area contributed by atoms with Crippen LogP contribution in [-0.2, 0) is 27.0 Å². The molecule has 0 N–H and O–H groups in total. The highest BCUT2D eigenvalue weighted by molar-refractivity contribution is 7.89. The Morgan fingerprint density at radius 1 is 1.08 bits per heavy atom. The highest BCUT2D eigenvalue weighted by Crippen LogP contribution is 2.45. The van der Waals surface area contributed by atoms with Crippen LogP contribution in [-0.4, -0.2) is 25.3 Å². The smallest absolute Gasteiger partial charge is 0.243 e. The van der Waals surface area contributed by atoms with Crippen LogP contribution in [0.2, 0.25) is 0 Å². The first-order chi connectivity index (χ1) is 12.4. The average molecular weight is 369 g/mol. The second kappa shape index (κ2) is 6.34. The Hall–Kier alpha value is -1.95. The molecule has 4 nitrogen and oxygen atoms in total. The van der Waals surface area contributed by atoms with Crippen LogP contribution >= 0.6 is 0 Å². The molecule has 0 radical (unpaired) electrons. The molecule has 0 saturated carbocycles. The number of benzene rings is 2. The summed E-state index contributed by atoms with van der Waals surface area (Å²) in [6, 6.07) is 14.8. The molecule has 2 aromatic carbocycles. The summed E-state index contributed by atoms with van der Waals surface area (Å²) in [5.41, 5.74) is 2.64. The first-order valence-corrected chi connectivity index (χ1v) is 10.3. The van der Waals surface area contributed by atoms with Crippen molar-refractivity contribution >= 4 is 10.0 Å². The van der Waals surface area contributed by atoms with E-state index in [1.807, 2.05) is 50.3 Å². The van der Waals surface area contributed by atoms with E-state index in [9.17, 15) is 8.42 Å². The van der Waals surface area contributed by atoms with Crippen molar-refractivity contribution in [3.8, 4) is 0 Å². The predicted octanol–water partition coefficient (Wildman–Crippen LogP) is 3.76. The lowest BCUT2D eigenvalue weighted by Crippen LogP contribution is -2.50. The summed E-state index contributed by atoms with van der Waals surface area (Å²) < 4.78 is 34.5. The normalized spacial score (nSPS) is 26.0. The minimum Gasteiger partial charge on any atom is -0.364 e. The number of nitrogens with zero attached hydrogens (tertiary/aromatic N) is 1. The SMILES string of the molecule is Cc1ccc(S(=O)(=O)N2CC=CC[C@]3(OCc4ccccc43)[C@@H]2C)cc1. The third-order valence-corrected chi connectivity index (χ3v) is 7.52. The first-order valence-electron chi connectivity index (χ1n) is 8.91. The first kappa shape index (κ1) is 17.5. The van der Waals surface area contributed by atoms with Crippen molar-refractivity contribution in [2.24, 2.45) is 0 Å². The fourth-order valence-electron chi connectivity index (χ4n) is 4.01. The zero-order valence-corrected chi connectivity index (χ0v) is 15.9. The van der Waals surface area contributed by atoms with E-state index in [1.54, 1.807) is 16.4 Å². The highest BCUT2D eigenvalue weighted by Gasteiger charge is 2.49. The van der Waals surface area contributed by atoms with Gasteiger partial charge in [0.2, 0.25) is 10.0 Å². The minimum atomic E-state index is -3.62. The van der Waals surface area contributed by atoms with Gasteiger partial charge in [-0.2, -0.15) is 4.31 Å². The number of hydrogen-bond donors (Lipinski definition) is 0. The summed E-state index contributed by atoms with van der Waals surface area (Å²) in [6.07, 6.45) is 4.65. The number of fused-ring (bicyclic) bond motifs is 2. The molecule has 2 aromatic rings. The molecule has 26 heavy (non-hydrogen) atoms. The van der Waals surface area contributed by atoms with Crippen molar-refractivity contribution in [2.75, 3.05) is 6.54 Å². The van der Waals surface area contributed by atoms with E-state index in [0.29, 0.717) is 24.5 Å². The maximum absolute atomic E-state index is 13.4. The van der Waals surface area contributed by atoms with Gasteiger partial charge >= 0.3 is 0 Å². The summed E-state index contributed by atoms with van der Waals surface area (Å²) in [6.45, 7) is 4.78. The monoisotopic (exact) mass is 369 g/mol. The quantitative estimate of drug-likeness (QED) is 0.757. The molecule has 0 fully saturated rings. The van der Waals surface area contributed by atoms with Gasteiger partial charge in [-0.15, -0.1) is 0 Å². The summed E-state index contributed by atoms with van der Waals surface area (Å²) in [4.78, 5) is 0.326. The van der Waals surface area contributed by atoms with E-state index in [2.05, 4.69) is 12.1 Å². The van der Waals surface area contributed by atoms with Crippen LogP contribution < -0.4 is 0 Å². The van der Waals surface area contributed by atoms with E-state index in [4.69, 9.17) is 4.74 Å². The van der Waals surface area contributed by atoms with E-state index in [1.165, 1.54) is 0 Å². The van der Waals surface area contributed by atoms with E-state index >= 15 is 0 Å². The standard InChI is InChI=1S/C21H23NO3S/c1-16-9-11-19(12-10-16)26(23,24)22-14-6-5-13-21(17(22)2)20-8-4-3-7-18(20)15-25-21/h3-12,17H,13-15H2,1-2H3/t17-,21-/m0/s1. The van der Waals surface area contributed by atoms with E-state index in [0.717, 1.165) is 16.7 Å². The fourth-order valence-corrected chi connectivity index (χ4v) is 5.63. The molecular formula is C21H23NO3S. The molecule has 0 aliphatic carbocycles. The molecule has 0 aromatic heterocycles. The summed E-state index contributed by atoms with van der Waals surface area (Å²) in [5, 5.41) is 0. The molecule has 2 atom stereocenters. The molecular weight excluding hydrogens is 346 g/mol. The van der Waals surface area contributed by atoms with Gasteiger partial charge in [-0.1, -0.05) is 54.1 Å². The lowest BCUT2D eigenvalue weighted by Gasteiger charge is -2.39. The number of ether oxygens (including phenoxy) is 1. The molecule has 1 spiro atoms. The van der Waals surface area contributed by atoms with Gasteiger partial charge in [0.15, 0.2) is 0 Å². The Bertz CT molecular complexity index is 949. The molecule has 0 amide bonds. The number of hydrogen-bond acceptors (Lipinski definition) is 3. The van der Waals surface area contributed by atoms with E-state index < -0.39 is 15.6 Å². The molecule has 2 aliphatic rings. The second-order valence-electron chi connectivity index (χ2n) is 7.07. The van der Waals surface area contributed by atoms with Crippen molar-refractivity contribution in [1.29, 1.82) is 0 Å². The van der Waals surface area contributed by atoms with Crippen molar-refractivity contribution in [3.63, 3.8) is 0 Å². The Balaban J connectivity index is 1.79. The Morgan fingerprint density at radius 2 is 1.81 bits per heavy atom. The van der Waals surface area contributed by atoms with Crippen LogP contribution in [0.15, 0.2) is 65.6 Å². The van der Waals surface area contributed by atoms with Crippen LogP contribution in [0.4, 0.5) is 0 Å². The summed E-state index contributed by atoms with van der Waals surface area (Å²) in [5.74, 6) is 0. The van der Waals surface area contributed by atoms with Crippen molar-refractivity contribution < 1.29 is 13.2 Å². The van der Waals surface area contributed by atoms with Crippen molar-refractivity contribution in [1.82, 2.24) is 4.31 Å². The topological polar surface area (TPSA) is 46.6 Å². The molecule has 136 valence electrons. The van der Waals surface area contributed by atoms with Gasteiger partial charge in [0.1, 0.15) is 5.60 Å². The molecule has 2 aliphatic heterocycles. The minimum absolute atomic E-state index is 0.313. The van der Waals surface area contributed by atoms with Crippen LogP contribution in [0.3, 0.4) is 0 Å². The van der Waals surface area contributed by atoms with Gasteiger partial charge in [-0.3, -0.25) is 0 Å². The van der Waals surface area contributed by atoms with Gasteiger partial charge in [0.25, 0.3) is 0 Å². The highest BCUT2D eigenvalue weighted by atomic mass is 32.2. The van der Waals surface area contributed by atoms with Crippen LogP contribution in [0.5, 0.6) is 0 Å². The van der Waals surface area contributed by atoms with Gasteiger partial charge in [-0.05, 0) is 37.1 Å². The third kappa shape index (κ3) is 2.62. The van der Waals surface area contributed by atoms with Gasteiger partial charge in [0.05, 0.1) is 17.5 Å².